The zero-order valence-electron chi connectivity index (χ0n) is 3.65. The second-order valence-corrected chi connectivity index (χ2v) is 1.87. The predicted octanol–water partition coefficient (Wildman–Crippen LogP) is 1.07. The molecule has 0 saturated heterocycles. The van der Waals surface area contributed by atoms with E-state index >= 15 is 0 Å². The topological polar surface area (TPSA) is 6.48 Å². The Morgan fingerprint density at radius 1 is 1.00 bits per heavy atom. The summed E-state index contributed by atoms with van der Waals surface area (Å²) in [5.74, 6) is 0. The lowest BCUT2D eigenvalue weighted by Gasteiger charge is -2.09. The summed E-state index contributed by atoms with van der Waals surface area (Å²) in [6.45, 7) is 0. The van der Waals surface area contributed by atoms with Crippen molar-refractivity contribution >= 4 is 23.6 Å². The number of nitrogens with zero attached hydrogens (tertiary/aromatic N) is 2. The van der Waals surface area contributed by atoms with Crippen molar-refractivity contribution in [1.82, 2.24) is 9.06 Å². The number of hydrazine groups is 1. The third kappa shape index (κ3) is 2.72. The molecule has 0 saturated carbocycles. The van der Waals surface area contributed by atoms with Crippen LogP contribution in [-0.2, 0) is 0 Å². The van der Waals surface area contributed by atoms with E-state index in [1.54, 1.807) is 14.1 Å². The lowest BCUT2D eigenvalue weighted by molar-refractivity contribution is 0.260. The summed E-state index contributed by atoms with van der Waals surface area (Å²) >= 11 is 10.5. The molecule has 4 heteroatoms. The molecule has 0 aliphatic carbocycles. The van der Waals surface area contributed by atoms with Gasteiger partial charge in [-0.05, 0) is 23.6 Å². The molecule has 0 unspecified atom stereocenters. The highest BCUT2D eigenvalue weighted by Gasteiger charge is 1.91. The van der Waals surface area contributed by atoms with Crippen LogP contribution in [0.1, 0.15) is 0 Å². The average molecular weight is 129 g/mol. The molecule has 2 nitrogen and oxygen atoms in total. The van der Waals surface area contributed by atoms with Gasteiger partial charge in [0.2, 0.25) is 0 Å². The standard InChI is InChI=1S/C2H6Cl2N2/c1-5(3)6(2)4/h1-2H3. The van der Waals surface area contributed by atoms with Crippen LogP contribution in [0.5, 0.6) is 0 Å². The van der Waals surface area contributed by atoms with Gasteiger partial charge >= 0.3 is 0 Å². The highest BCUT2D eigenvalue weighted by Crippen LogP contribution is 1.95. The Kier molecular flexibility index (Phi) is 2.86. The first kappa shape index (κ1) is 6.50. The van der Waals surface area contributed by atoms with Crippen LogP contribution in [0.2, 0.25) is 0 Å². The molecule has 0 heterocycles. The Bertz CT molecular complexity index is 30.5. The Labute approximate surface area is 47.4 Å². The van der Waals surface area contributed by atoms with Crippen LogP contribution in [0.25, 0.3) is 0 Å². The van der Waals surface area contributed by atoms with Gasteiger partial charge in [-0.2, -0.15) is 0 Å². The predicted molar refractivity (Wildman–Crippen MR) is 27.2 cm³/mol. The van der Waals surface area contributed by atoms with Gasteiger partial charge in [0.05, 0.1) is 0 Å². The van der Waals surface area contributed by atoms with Gasteiger partial charge in [0.1, 0.15) is 0 Å². The van der Waals surface area contributed by atoms with Crippen molar-refractivity contribution in [2.75, 3.05) is 14.1 Å². The minimum absolute atomic E-state index is 1.24. The van der Waals surface area contributed by atoms with Crippen LogP contribution < -0.4 is 0 Å². The summed E-state index contributed by atoms with van der Waals surface area (Å²) in [5, 5.41) is 0. The summed E-state index contributed by atoms with van der Waals surface area (Å²) in [5.41, 5.74) is 0. The van der Waals surface area contributed by atoms with E-state index in [2.05, 4.69) is 0 Å². The molecule has 0 N–H and O–H groups in total. The largest absolute Gasteiger partial charge is 0.143 e. The molecule has 6 heavy (non-hydrogen) atoms. The molecule has 0 rings (SSSR count). The fraction of sp³-hybridized carbons (Fsp3) is 1.00. The van der Waals surface area contributed by atoms with Gasteiger partial charge in [-0.1, -0.05) is 0 Å². The maximum absolute atomic E-state index is 5.24. The second kappa shape index (κ2) is 2.64. The van der Waals surface area contributed by atoms with E-state index in [1.165, 1.54) is 9.06 Å². The minimum atomic E-state index is 1.24. The molecule has 0 fully saturated rings. The summed E-state index contributed by atoms with van der Waals surface area (Å²) in [7, 11) is 3.27. The van der Waals surface area contributed by atoms with E-state index in [0.717, 1.165) is 0 Å². The number of rotatable bonds is 1. The molecule has 0 aliphatic heterocycles. The smallest absolute Gasteiger partial charge is 0.0197 e. The van der Waals surface area contributed by atoms with Crippen LogP contribution in [0.3, 0.4) is 0 Å². The average Bonchev–Trinajstić information content (AvgIpc) is 1.36. The highest BCUT2D eigenvalue weighted by atomic mass is 35.5. The Hall–Kier alpha value is 0.500. The lowest BCUT2D eigenvalue weighted by atomic mass is 11.4. The number of halogens is 2. The molecule has 0 bridgehead atoms. The summed E-state index contributed by atoms with van der Waals surface area (Å²) in [6, 6.07) is 0. The zero-order valence-corrected chi connectivity index (χ0v) is 5.16. The van der Waals surface area contributed by atoms with E-state index in [0.29, 0.717) is 0 Å². The van der Waals surface area contributed by atoms with Gasteiger partial charge in [-0.3, -0.25) is 0 Å². The van der Waals surface area contributed by atoms with E-state index in [9.17, 15) is 0 Å². The molecule has 0 amide bonds. The third-order valence-electron chi connectivity index (χ3n) is 0.380. The second-order valence-electron chi connectivity index (χ2n) is 0.889. The zero-order chi connectivity index (χ0) is 5.15. The van der Waals surface area contributed by atoms with Gasteiger partial charge in [0.15, 0.2) is 0 Å². The molecule has 0 aromatic carbocycles. The van der Waals surface area contributed by atoms with Gasteiger partial charge in [-0.15, -0.1) is 9.06 Å². The van der Waals surface area contributed by atoms with Crippen LogP contribution >= 0.6 is 23.6 Å². The van der Waals surface area contributed by atoms with Crippen molar-refractivity contribution in [1.29, 1.82) is 0 Å². The fourth-order valence-corrected chi connectivity index (χ4v) is 0. The monoisotopic (exact) mass is 128 g/mol. The van der Waals surface area contributed by atoms with Crippen molar-refractivity contribution < 1.29 is 0 Å². The molecular formula is C2H6Cl2N2. The van der Waals surface area contributed by atoms with Crippen molar-refractivity contribution in [3.8, 4) is 0 Å². The van der Waals surface area contributed by atoms with Crippen LogP contribution in [-0.4, -0.2) is 23.2 Å². The van der Waals surface area contributed by atoms with Gasteiger partial charge < -0.3 is 0 Å². The van der Waals surface area contributed by atoms with E-state index in [4.69, 9.17) is 23.6 Å². The normalized spacial score (nSPS) is 11.0. The van der Waals surface area contributed by atoms with Crippen molar-refractivity contribution in [3.63, 3.8) is 0 Å². The Morgan fingerprint density at radius 3 is 1.17 bits per heavy atom. The van der Waals surface area contributed by atoms with Crippen molar-refractivity contribution in [2.24, 2.45) is 0 Å². The Morgan fingerprint density at radius 2 is 1.17 bits per heavy atom. The van der Waals surface area contributed by atoms with Gasteiger partial charge in [0, 0.05) is 14.1 Å². The lowest BCUT2D eigenvalue weighted by Crippen LogP contribution is -2.17. The minimum Gasteiger partial charge on any atom is -0.143 e. The van der Waals surface area contributed by atoms with Crippen LogP contribution in [0.4, 0.5) is 0 Å². The third-order valence-corrected chi connectivity index (χ3v) is 0.911. The maximum atomic E-state index is 5.24. The molecule has 0 atom stereocenters. The first-order valence-corrected chi connectivity index (χ1v) is 2.11. The van der Waals surface area contributed by atoms with E-state index in [1.807, 2.05) is 0 Å². The fourth-order valence-electron chi connectivity index (χ4n) is 0. The molecule has 0 spiro atoms. The maximum Gasteiger partial charge on any atom is 0.0197 e. The first-order valence-electron chi connectivity index (χ1n) is 1.43. The summed E-state index contributed by atoms with van der Waals surface area (Å²) < 4.78 is 2.48. The van der Waals surface area contributed by atoms with E-state index in [-0.39, 0.29) is 0 Å². The molecule has 0 aromatic rings. The van der Waals surface area contributed by atoms with Gasteiger partial charge in [-0.25, -0.2) is 0 Å². The Balaban J connectivity index is 2.99. The van der Waals surface area contributed by atoms with E-state index < -0.39 is 0 Å². The molecule has 0 radical (unpaired) electrons. The van der Waals surface area contributed by atoms with Crippen LogP contribution in [0, 0.1) is 0 Å². The highest BCUT2D eigenvalue weighted by molar-refractivity contribution is 6.18. The molecule has 0 aromatic heterocycles. The summed E-state index contributed by atoms with van der Waals surface area (Å²) in [6.07, 6.45) is 0. The molecular weight excluding hydrogens is 123 g/mol. The molecule has 0 aliphatic rings. The number of hydrogen-bond acceptors (Lipinski definition) is 2. The quantitative estimate of drug-likeness (QED) is 0.386. The SMILES string of the molecule is CN(Cl)N(C)Cl. The van der Waals surface area contributed by atoms with Gasteiger partial charge in [0.25, 0.3) is 0 Å². The number of hydrogen-bond donors (Lipinski definition) is 0. The first-order chi connectivity index (χ1) is 2.64. The van der Waals surface area contributed by atoms with Crippen molar-refractivity contribution in [3.05, 3.63) is 0 Å². The molecule has 38 valence electrons. The van der Waals surface area contributed by atoms with Crippen molar-refractivity contribution in [2.45, 2.75) is 0 Å². The van der Waals surface area contributed by atoms with Crippen LogP contribution in [0.15, 0.2) is 0 Å². The summed E-state index contributed by atoms with van der Waals surface area (Å²) in [4.78, 5) is 0.